The normalized spacial score (nSPS) is 10.8. The molecule has 0 aliphatic heterocycles. The van der Waals surface area contributed by atoms with Crippen molar-refractivity contribution < 1.29 is 14.8 Å². The Morgan fingerprint density at radius 2 is 1.93 bits per heavy atom. The molecule has 0 aliphatic carbocycles. The van der Waals surface area contributed by atoms with Gasteiger partial charge in [0.1, 0.15) is 0 Å². The molecule has 8 heteroatoms. The molecule has 0 fully saturated rings. The van der Waals surface area contributed by atoms with Gasteiger partial charge in [0.25, 0.3) is 5.91 Å². The number of nitrogens with one attached hydrogen (secondary N) is 2. The summed E-state index contributed by atoms with van der Waals surface area (Å²) in [5, 5.41) is 29.1. The molecule has 8 nitrogen and oxygen atoms in total. The maximum absolute atomic E-state index is 11.9. The Bertz CT molecular complexity index is 1030. The van der Waals surface area contributed by atoms with Crippen molar-refractivity contribution in [2.24, 2.45) is 5.10 Å². The number of aromatic hydroxyl groups is 1. The van der Waals surface area contributed by atoms with E-state index in [-0.39, 0.29) is 12.5 Å². The van der Waals surface area contributed by atoms with Gasteiger partial charge >= 0.3 is 5.69 Å². The van der Waals surface area contributed by atoms with Crippen LogP contribution in [0.15, 0.2) is 65.8 Å². The van der Waals surface area contributed by atoms with Crippen molar-refractivity contribution >= 4 is 34.3 Å². The molecule has 3 aromatic carbocycles. The summed E-state index contributed by atoms with van der Waals surface area (Å²) >= 11 is 0. The number of phenolic OH excluding ortho intramolecular Hbond substituents is 1. The minimum absolute atomic E-state index is 0.0150. The second-order valence-electron chi connectivity index (χ2n) is 5.68. The molecule has 0 spiro atoms. The summed E-state index contributed by atoms with van der Waals surface area (Å²) in [7, 11) is 0. The number of fused-ring (bicyclic) bond motifs is 1. The standard InChI is InChI=1S/C19H16N4O4/c24-18-9-8-13(10-17(18)23(26)27)11-21-22-19(25)12-20-16-7-3-5-14-4-1-2-6-15(14)16/h1-11,20,24H,12H2,(H,22,25)/b21-11+. The van der Waals surface area contributed by atoms with Gasteiger partial charge in [-0.15, -0.1) is 0 Å². The van der Waals surface area contributed by atoms with Gasteiger partial charge in [0.2, 0.25) is 0 Å². The van der Waals surface area contributed by atoms with Crippen LogP contribution in [-0.2, 0) is 4.79 Å². The van der Waals surface area contributed by atoms with E-state index in [1.807, 2.05) is 42.5 Å². The number of nitrogens with zero attached hydrogens (tertiary/aromatic N) is 2. The number of carbonyl (C=O) groups is 1. The number of nitro groups is 1. The lowest BCUT2D eigenvalue weighted by Gasteiger charge is -2.08. The Labute approximate surface area is 154 Å². The number of rotatable bonds is 6. The van der Waals surface area contributed by atoms with Crippen LogP contribution in [0.3, 0.4) is 0 Å². The molecule has 0 saturated carbocycles. The summed E-state index contributed by atoms with van der Waals surface area (Å²) in [6, 6.07) is 17.4. The number of hydrazone groups is 1. The van der Waals surface area contributed by atoms with Crippen LogP contribution >= 0.6 is 0 Å². The number of carbonyl (C=O) groups excluding carboxylic acids is 1. The molecule has 0 saturated heterocycles. The number of nitro benzene ring substituents is 1. The van der Waals surface area contributed by atoms with Crippen LogP contribution in [0.1, 0.15) is 5.56 Å². The third-order valence-electron chi connectivity index (χ3n) is 3.83. The Balaban J connectivity index is 1.59. The average molecular weight is 364 g/mol. The highest BCUT2D eigenvalue weighted by Crippen LogP contribution is 2.25. The predicted molar refractivity (Wildman–Crippen MR) is 103 cm³/mol. The quantitative estimate of drug-likeness (QED) is 0.353. The summed E-state index contributed by atoms with van der Waals surface area (Å²) in [5.74, 6) is -0.798. The zero-order chi connectivity index (χ0) is 19.2. The molecule has 0 aromatic heterocycles. The molecule has 136 valence electrons. The first-order chi connectivity index (χ1) is 13.0. The van der Waals surface area contributed by atoms with Crippen LogP contribution in [0.25, 0.3) is 10.8 Å². The van der Waals surface area contributed by atoms with Crippen molar-refractivity contribution in [3.05, 3.63) is 76.3 Å². The first-order valence-electron chi connectivity index (χ1n) is 8.05. The lowest BCUT2D eigenvalue weighted by Crippen LogP contribution is -2.25. The third kappa shape index (κ3) is 4.37. The highest BCUT2D eigenvalue weighted by molar-refractivity contribution is 5.95. The van der Waals surface area contributed by atoms with E-state index in [1.54, 1.807) is 0 Å². The van der Waals surface area contributed by atoms with Crippen molar-refractivity contribution in [1.29, 1.82) is 0 Å². The smallest absolute Gasteiger partial charge is 0.311 e. The summed E-state index contributed by atoms with van der Waals surface area (Å²) in [5.41, 5.74) is 3.13. The maximum Gasteiger partial charge on any atom is 0.311 e. The highest BCUT2D eigenvalue weighted by atomic mass is 16.6. The lowest BCUT2D eigenvalue weighted by molar-refractivity contribution is -0.385. The van der Waals surface area contributed by atoms with Crippen molar-refractivity contribution in [2.45, 2.75) is 0 Å². The van der Waals surface area contributed by atoms with Gasteiger partial charge in [0, 0.05) is 22.7 Å². The van der Waals surface area contributed by atoms with Crippen LogP contribution in [-0.4, -0.2) is 28.7 Å². The molecule has 0 aliphatic rings. The van der Waals surface area contributed by atoms with Gasteiger partial charge in [-0.25, -0.2) is 5.43 Å². The summed E-state index contributed by atoms with van der Waals surface area (Å²) in [6.45, 7) is 0.0150. The van der Waals surface area contributed by atoms with E-state index in [0.717, 1.165) is 16.5 Å². The molecular weight excluding hydrogens is 348 g/mol. The van der Waals surface area contributed by atoms with Gasteiger partial charge in [0.05, 0.1) is 17.7 Å². The van der Waals surface area contributed by atoms with E-state index in [0.29, 0.717) is 5.56 Å². The largest absolute Gasteiger partial charge is 0.502 e. The number of phenols is 1. The first-order valence-corrected chi connectivity index (χ1v) is 8.05. The molecule has 0 bridgehead atoms. The van der Waals surface area contributed by atoms with Gasteiger partial charge < -0.3 is 10.4 Å². The van der Waals surface area contributed by atoms with Gasteiger partial charge in [-0.2, -0.15) is 5.10 Å². The number of hydrogen-bond donors (Lipinski definition) is 3. The number of benzene rings is 3. The van der Waals surface area contributed by atoms with Crippen LogP contribution in [0.5, 0.6) is 5.75 Å². The second kappa shape index (κ2) is 7.96. The fourth-order valence-electron chi connectivity index (χ4n) is 2.54. The molecule has 0 atom stereocenters. The number of amides is 1. The fourth-order valence-corrected chi connectivity index (χ4v) is 2.54. The van der Waals surface area contributed by atoms with Crippen molar-refractivity contribution in [3.63, 3.8) is 0 Å². The molecule has 3 rings (SSSR count). The summed E-state index contributed by atoms with van der Waals surface area (Å²) in [4.78, 5) is 22.0. The summed E-state index contributed by atoms with van der Waals surface area (Å²) < 4.78 is 0. The van der Waals surface area contributed by atoms with Crippen LogP contribution in [0.2, 0.25) is 0 Å². The SMILES string of the molecule is O=C(CNc1cccc2ccccc12)N/N=C/c1ccc(O)c([N+](=O)[O-])c1. The lowest BCUT2D eigenvalue weighted by atomic mass is 10.1. The zero-order valence-corrected chi connectivity index (χ0v) is 14.1. The van der Waals surface area contributed by atoms with E-state index in [9.17, 15) is 20.0 Å². The first kappa shape index (κ1) is 17.9. The third-order valence-corrected chi connectivity index (χ3v) is 3.83. The van der Waals surface area contributed by atoms with E-state index < -0.39 is 16.4 Å². The van der Waals surface area contributed by atoms with Gasteiger partial charge in [-0.3, -0.25) is 14.9 Å². The molecule has 0 unspecified atom stereocenters. The number of anilines is 1. The molecule has 0 heterocycles. The molecule has 1 amide bonds. The monoisotopic (exact) mass is 364 g/mol. The Hall–Kier alpha value is -3.94. The Kier molecular flexibility index (Phi) is 5.27. The molecule has 3 N–H and O–H groups in total. The van der Waals surface area contributed by atoms with Gasteiger partial charge in [-0.1, -0.05) is 36.4 Å². The molecular formula is C19H16N4O4. The van der Waals surface area contributed by atoms with Crippen LogP contribution < -0.4 is 10.7 Å². The van der Waals surface area contributed by atoms with Crippen LogP contribution in [0.4, 0.5) is 11.4 Å². The fraction of sp³-hybridized carbons (Fsp3) is 0.0526. The van der Waals surface area contributed by atoms with Crippen molar-refractivity contribution in [2.75, 3.05) is 11.9 Å². The van der Waals surface area contributed by atoms with E-state index in [2.05, 4.69) is 15.8 Å². The number of hydrogen-bond acceptors (Lipinski definition) is 6. The van der Waals surface area contributed by atoms with Crippen molar-refractivity contribution in [1.82, 2.24) is 5.43 Å². The molecule has 3 aromatic rings. The average Bonchev–Trinajstić information content (AvgIpc) is 2.67. The highest BCUT2D eigenvalue weighted by Gasteiger charge is 2.12. The minimum atomic E-state index is -0.695. The molecule has 0 radical (unpaired) electrons. The van der Waals surface area contributed by atoms with Gasteiger partial charge in [0.15, 0.2) is 5.75 Å². The molecule has 27 heavy (non-hydrogen) atoms. The Morgan fingerprint density at radius 1 is 1.15 bits per heavy atom. The van der Waals surface area contributed by atoms with Gasteiger partial charge in [-0.05, 0) is 23.6 Å². The van der Waals surface area contributed by atoms with Crippen molar-refractivity contribution in [3.8, 4) is 5.75 Å². The minimum Gasteiger partial charge on any atom is -0.502 e. The van der Waals surface area contributed by atoms with E-state index >= 15 is 0 Å². The van der Waals surface area contributed by atoms with E-state index in [4.69, 9.17) is 0 Å². The second-order valence-corrected chi connectivity index (χ2v) is 5.68. The van der Waals surface area contributed by atoms with E-state index in [1.165, 1.54) is 24.4 Å². The summed E-state index contributed by atoms with van der Waals surface area (Å²) in [6.07, 6.45) is 1.27. The predicted octanol–water partition coefficient (Wildman–Crippen LogP) is 3.02. The topological polar surface area (TPSA) is 117 Å². The zero-order valence-electron chi connectivity index (χ0n) is 14.1. The Morgan fingerprint density at radius 3 is 2.74 bits per heavy atom. The van der Waals surface area contributed by atoms with Crippen LogP contribution in [0, 0.1) is 10.1 Å². The maximum atomic E-state index is 11.9.